The molecule has 2 aromatic rings. The van der Waals surface area contributed by atoms with Crippen molar-refractivity contribution < 1.29 is 24.2 Å². The number of esters is 2. The molecule has 142 valence electrons. The fourth-order valence-corrected chi connectivity index (χ4v) is 4.03. The van der Waals surface area contributed by atoms with E-state index >= 15 is 0 Å². The molecule has 3 atom stereocenters. The van der Waals surface area contributed by atoms with E-state index in [1.807, 2.05) is 0 Å². The number of ether oxygens (including phenoxy) is 2. The van der Waals surface area contributed by atoms with Gasteiger partial charge in [-0.05, 0) is 48.5 Å². The van der Waals surface area contributed by atoms with Gasteiger partial charge in [0.2, 0.25) is 0 Å². The van der Waals surface area contributed by atoms with Crippen molar-refractivity contribution >= 4 is 46.9 Å². The van der Waals surface area contributed by atoms with Crippen molar-refractivity contribution in [3.63, 3.8) is 0 Å². The molecule has 0 bridgehead atoms. The third-order valence-electron chi connectivity index (χ3n) is 3.98. The van der Waals surface area contributed by atoms with Crippen molar-refractivity contribution in [2.24, 2.45) is 0 Å². The number of carbonyl (C=O) groups excluding carboxylic acids is 2. The van der Waals surface area contributed by atoms with Gasteiger partial charge in [-0.3, -0.25) is 0 Å². The van der Waals surface area contributed by atoms with E-state index in [1.165, 1.54) is 11.8 Å². The summed E-state index contributed by atoms with van der Waals surface area (Å²) in [6.07, 6.45) is -0.293. The summed E-state index contributed by atoms with van der Waals surface area (Å²) in [5.41, 5.74) is 0.0487. The Morgan fingerprint density at radius 2 is 1.48 bits per heavy atom. The Labute approximate surface area is 170 Å². The second kappa shape index (κ2) is 8.97. The molecule has 0 saturated carbocycles. The monoisotopic (exact) mass is 426 g/mol. The van der Waals surface area contributed by atoms with E-state index in [4.69, 9.17) is 32.7 Å². The highest BCUT2D eigenvalue weighted by Crippen LogP contribution is 2.35. The summed E-state index contributed by atoms with van der Waals surface area (Å²) in [7, 11) is 0. The lowest BCUT2D eigenvalue weighted by Crippen LogP contribution is -2.29. The molecule has 1 saturated heterocycles. The predicted molar refractivity (Wildman–Crippen MR) is 104 cm³/mol. The summed E-state index contributed by atoms with van der Waals surface area (Å²) in [6, 6.07) is 12.7. The van der Waals surface area contributed by atoms with Crippen LogP contribution in [0.25, 0.3) is 0 Å². The number of aliphatic hydroxyl groups is 1. The highest BCUT2D eigenvalue weighted by molar-refractivity contribution is 8.00. The lowest BCUT2D eigenvalue weighted by atomic mass is 10.2. The Morgan fingerprint density at radius 3 is 2.04 bits per heavy atom. The Balaban J connectivity index is 1.58. The molecule has 3 rings (SSSR count). The van der Waals surface area contributed by atoms with Gasteiger partial charge in [0, 0.05) is 16.5 Å². The normalized spacial score (nSPS) is 21.7. The second-order valence-electron chi connectivity index (χ2n) is 5.92. The van der Waals surface area contributed by atoms with Gasteiger partial charge in [-0.15, -0.1) is 11.8 Å². The molecule has 1 aliphatic heterocycles. The molecule has 1 aliphatic rings. The van der Waals surface area contributed by atoms with Crippen molar-refractivity contribution in [3.8, 4) is 0 Å². The van der Waals surface area contributed by atoms with Gasteiger partial charge in [-0.2, -0.15) is 0 Å². The first-order chi connectivity index (χ1) is 12.9. The van der Waals surface area contributed by atoms with Gasteiger partial charge in [-0.1, -0.05) is 23.2 Å². The maximum absolute atomic E-state index is 12.3. The molecule has 2 aromatic carbocycles. The SMILES string of the molecule is O=C(OC[C@H]1SC(O)C[C@H]1OC(=O)c1ccc(Cl)cc1)c1ccc(Cl)cc1. The summed E-state index contributed by atoms with van der Waals surface area (Å²) in [5, 5.41) is 10.6. The first-order valence-corrected chi connectivity index (χ1v) is 9.85. The van der Waals surface area contributed by atoms with E-state index in [1.54, 1.807) is 48.5 Å². The molecule has 1 N–H and O–H groups in total. The van der Waals surface area contributed by atoms with Crippen LogP contribution in [0.1, 0.15) is 27.1 Å². The number of thioether (sulfide) groups is 1. The molecular weight excluding hydrogens is 411 g/mol. The number of carbonyl (C=O) groups is 2. The van der Waals surface area contributed by atoms with Crippen LogP contribution < -0.4 is 0 Å². The lowest BCUT2D eigenvalue weighted by Gasteiger charge is -2.19. The van der Waals surface area contributed by atoms with E-state index < -0.39 is 23.5 Å². The summed E-state index contributed by atoms with van der Waals surface area (Å²) in [6.45, 7) is 0.0156. The Hall–Kier alpha value is -1.73. The summed E-state index contributed by atoms with van der Waals surface area (Å²) in [5.74, 6) is -1.02. The average molecular weight is 427 g/mol. The Morgan fingerprint density at radius 1 is 0.963 bits per heavy atom. The van der Waals surface area contributed by atoms with E-state index in [2.05, 4.69) is 0 Å². The molecular formula is C19H16Cl2O5S. The number of rotatable bonds is 5. The zero-order valence-corrected chi connectivity index (χ0v) is 16.3. The fourth-order valence-electron chi connectivity index (χ4n) is 2.58. The van der Waals surface area contributed by atoms with E-state index in [-0.39, 0.29) is 18.3 Å². The van der Waals surface area contributed by atoms with Crippen LogP contribution in [0, 0.1) is 0 Å². The van der Waals surface area contributed by atoms with Crippen molar-refractivity contribution in [3.05, 3.63) is 69.7 Å². The van der Waals surface area contributed by atoms with Crippen LogP contribution in [0.5, 0.6) is 0 Å². The number of halogens is 2. The first kappa shape index (κ1) is 20.0. The highest BCUT2D eigenvalue weighted by atomic mass is 35.5. The second-order valence-corrected chi connectivity index (χ2v) is 8.22. The topological polar surface area (TPSA) is 72.8 Å². The number of benzene rings is 2. The Kier molecular flexibility index (Phi) is 6.65. The third kappa shape index (κ3) is 5.39. The van der Waals surface area contributed by atoms with Crippen LogP contribution in [0.2, 0.25) is 10.0 Å². The van der Waals surface area contributed by atoms with Crippen molar-refractivity contribution in [1.82, 2.24) is 0 Å². The highest BCUT2D eigenvalue weighted by Gasteiger charge is 2.38. The average Bonchev–Trinajstić information content (AvgIpc) is 3.00. The third-order valence-corrected chi connectivity index (χ3v) is 5.78. The van der Waals surface area contributed by atoms with Gasteiger partial charge in [0.25, 0.3) is 0 Å². The van der Waals surface area contributed by atoms with Gasteiger partial charge in [-0.25, -0.2) is 9.59 Å². The number of hydrogen-bond acceptors (Lipinski definition) is 6. The molecule has 0 spiro atoms. The summed E-state index contributed by atoms with van der Waals surface area (Å²) >= 11 is 12.8. The molecule has 1 heterocycles. The smallest absolute Gasteiger partial charge is 0.338 e. The van der Waals surface area contributed by atoms with Crippen molar-refractivity contribution in [1.29, 1.82) is 0 Å². The van der Waals surface area contributed by atoms with Crippen molar-refractivity contribution in [2.75, 3.05) is 6.61 Å². The van der Waals surface area contributed by atoms with Crippen LogP contribution >= 0.6 is 35.0 Å². The standard InChI is InChI=1S/C19H16Cl2O5S/c20-13-5-1-11(2-6-13)18(23)25-10-16-15(9-17(22)27-16)26-19(24)12-3-7-14(21)8-4-12/h1-8,15-17,22H,9-10H2/t15-,16-,17?/m1/s1. The van der Waals surface area contributed by atoms with Gasteiger partial charge in [0.05, 0.1) is 16.4 Å². The minimum atomic E-state index is -0.688. The maximum Gasteiger partial charge on any atom is 0.338 e. The number of hydrogen-bond donors (Lipinski definition) is 1. The molecule has 0 amide bonds. The zero-order chi connectivity index (χ0) is 19.4. The molecule has 0 aromatic heterocycles. The Bertz CT molecular complexity index is 810. The molecule has 0 aliphatic carbocycles. The molecule has 1 fully saturated rings. The minimum absolute atomic E-state index is 0.0156. The van der Waals surface area contributed by atoms with Crippen LogP contribution in [0.15, 0.2) is 48.5 Å². The largest absolute Gasteiger partial charge is 0.461 e. The zero-order valence-electron chi connectivity index (χ0n) is 14.0. The quantitative estimate of drug-likeness (QED) is 0.722. The van der Waals surface area contributed by atoms with Crippen LogP contribution in [0.4, 0.5) is 0 Å². The van der Waals surface area contributed by atoms with Crippen LogP contribution in [-0.2, 0) is 9.47 Å². The van der Waals surface area contributed by atoms with Crippen molar-refractivity contribution in [2.45, 2.75) is 23.2 Å². The molecule has 8 heteroatoms. The van der Waals surface area contributed by atoms with Gasteiger partial charge < -0.3 is 14.6 Å². The molecule has 5 nitrogen and oxygen atoms in total. The molecule has 27 heavy (non-hydrogen) atoms. The van der Waals surface area contributed by atoms with E-state index in [0.717, 1.165) is 0 Å². The maximum atomic E-state index is 12.3. The fraction of sp³-hybridized carbons (Fsp3) is 0.263. The van der Waals surface area contributed by atoms with Crippen LogP contribution in [-0.4, -0.2) is 40.4 Å². The summed E-state index contributed by atoms with van der Waals surface area (Å²) in [4.78, 5) is 24.4. The predicted octanol–water partition coefficient (Wildman–Crippen LogP) is 4.20. The summed E-state index contributed by atoms with van der Waals surface area (Å²) < 4.78 is 10.8. The van der Waals surface area contributed by atoms with Gasteiger partial charge >= 0.3 is 11.9 Å². The lowest BCUT2D eigenvalue weighted by molar-refractivity contribution is 0.0178. The number of aliphatic hydroxyl groups excluding tert-OH is 1. The van der Waals surface area contributed by atoms with Gasteiger partial charge in [0.1, 0.15) is 18.1 Å². The molecule has 1 unspecified atom stereocenters. The minimum Gasteiger partial charge on any atom is -0.461 e. The van der Waals surface area contributed by atoms with E-state index in [9.17, 15) is 14.7 Å². The van der Waals surface area contributed by atoms with E-state index in [0.29, 0.717) is 21.2 Å². The van der Waals surface area contributed by atoms with Crippen LogP contribution in [0.3, 0.4) is 0 Å². The van der Waals surface area contributed by atoms with Gasteiger partial charge in [0.15, 0.2) is 0 Å². The first-order valence-electron chi connectivity index (χ1n) is 8.15. The molecule has 0 radical (unpaired) electrons.